The summed E-state index contributed by atoms with van der Waals surface area (Å²) in [6.45, 7) is 4.08. The first-order valence-electron chi connectivity index (χ1n) is 7.14. The lowest BCUT2D eigenvalue weighted by Gasteiger charge is -2.27. The zero-order valence-corrected chi connectivity index (χ0v) is 14.3. The summed E-state index contributed by atoms with van der Waals surface area (Å²) >= 11 is 2.25. The summed E-state index contributed by atoms with van der Waals surface area (Å²) in [5.74, 6) is -0.213. The van der Waals surface area contributed by atoms with Gasteiger partial charge in [-0.2, -0.15) is 0 Å². The maximum Gasteiger partial charge on any atom is 0.279 e. The van der Waals surface area contributed by atoms with Gasteiger partial charge in [-0.1, -0.05) is 0 Å². The number of halogens is 1. The number of anilines is 1. The summed E-state index contributed by atoms with van der Waals surface area (Å²) in [7, 11) is 0. The third-order valence-corrected chi connectivity index (χ3v) is 4.64. The Bertz CT molecular complexity index is 540. The van der Waals surface area contributed by atoms with Crippen molar-refractivity contribution in [3.8, 4) is 0 Å². The van der Waals surface area contributed by atoms with Gasteiger partial charge in [0.2, 0.25) is 5.91 Å². The third kappa shape index (κ3) is 4.67. The van der Waals surface area contributed by atoms with Crippen LogP contribution in [0.25, 0.3) is 0 Å². The molecule has 21 heavy (non-hydrogen) atoms. The molecule has 0 saturated carbocycles. The fraction of sp³-hybridized carbons (Fsp3) is 0.467. The lowest BCUT2D eigenvalue weighted by Crippen LogP contribution is -3.14. The molecule has 1 aliphatic heterocycles. The van der Waals surface area contributed by atoms with E-state index in [0.717, 1.165) is 40.8 Å². The van der Waals surface area contributed by atoms with E-state index in [0.29, 0.717) is 6.54 Å². The van der Waals surface area contributed by atoms with Crippen LogP contribution in [0.1, 0.15) is 18.4 Å². The second-order valence-corrected chi connectivity index (χ2v) is 6.86. The SMILES string of the molecule is Cc1cc(I)ccc1NC(=O)C[NH+]1CCC(C(N)=O)CC1. The van der Waals surface area contributed by atoms with Gasteiger partial charge in [-0.25, -0.2) is 0 Å². The standard InChI is InChI=1S/C15H20IN3O2/c1-10-8-12(16)2-3-13(10)18-14(20)9-19-6-4-11(5-7-19)15(17)21/h2-3,8,11H,4-7,9H2,1H3,(H2,17,21)(H,18,20)/p+1. The Kier molecular flexibility index (Phi) is 5.58. The molecule has 0 aromatic heterocycles. The molecule has 1 aliphatic rings. The zero-order valence-electron chi connectivity index (χ0n) is 12.1. The van der Waals surface area contributed by atoms with Crippen LogP contribution in [0.5, 0.6) is 0 Å². The Hall–Kier alpha value is -1.15. The van der Waals surface area contributed by atoms with Gasteiger partial charge in [-0.15, -0.1) is 0 Å². The van der Waals surface area contributed by atoms with Crippen molar-refractivity contribution >= 4 is 40.1 Å². The predicted molar refractivity (Wildman–Crippen MR) is 90.0 cm³/mol. The van der Waals surface area contributed by atoms with E-state index in [1.54, 1.807) is 0 Å². The first-order chi connectivity index (χ1) is 9.95. The van der Waals surface area contributed by atoms with Crippen molar-refractivity contribution in [2.45, 2.75) is 19.8 Å². The fourth-order valence-corrected chi connectivity index (χ4v) is 3.32. The Morgan fingerprint density at radius 1 is 1.38 bits per heavy atom. The molecule has 1 aromatic rings. The number of piperidine rings is 1. The Morgan fingerprint density at radius 3 is 2.62 bits per heavy atom. The number of nitrogens with two attached hydrogens (primary N) is 1. The topological polar surface area (TPSA) is 76.6 Å². The van der Waals surface area contributed by atoms with Crippen molar-refractivity contribution in [1.29, 1.82) is 0 Å². The molecule has 2 rings (SSSR count). The smallest absolute Gasteiger partial charge is 0.279 e. The van der Waals surface area contributed by atoms with Crippen molar-refractivity contribution in [1.82, 2.24) is 0 Å². The average molecular weight is 402 g/mol. The van der Waals surface area contributed by atoms with Gasteiger partial charge in [0.15, 0.2) is 6.54 Å². The Labute approximate surface area is 138 Å². The third-order valence-electron chi connectivity index (χ3n) is 3.97. The van der Waals surface area contributed by atoms with Crippen LogP contribution in [0.3, 0.4) is 0 Å². The maximum absolute atomic E-state index is 12.1. The van der Waals surface area contributed by atoms with Gasteiger partial charge >= 0.3 is 0 Å². The van der Waals surface area contributed by atoms with Crippen LogP contribution in [-0.4, -0.2) is 31.4 Å². The van der Waals surface area contributed by atoms with Gasteiger partial charge < -0.3 is 16.0 Å². The molecule has 0 unspecified atom stereocenters. The molecule has 1 saturated heterocycles. The van der Waals surface area contributed by atoms with Crippen LogP contribution < -0.4 is 16.0 Å². The van der Waals surface area contributed by atoms with Crippen molar-refractivity contribution in [2.24, 2.45) is 11.7 Å². The van der Waals surface area contributed by atoms with Crippen LogP contribution in [0.2, 0.25) is 0 Å². The molecular weight excluding hydrogens is 381 g/mol. The van der Waals surface area contributed by atoms with E-state index in [-0.39, 0.29) is 17.7 Å². The lowest BCUT2D eigenvalue weighted by molar-refractivity contribution is -0.897. The minimum Gasteiger partial charge on any atom is -0.369 e. The van der Waals surface area contributed by atoms with Gasteiger partial charge in [-0.3, -0.25) is 9.59 Å². The van der Waals surface area contributed by atoms with Gasteiger partial charge in [0.1, 0.15) is 0 Å². The number of benzene rings is 1. The number of rotatable bonds is 4. The number of amides is 2. The highest BCUT2D eigenvalue weighted by molar-refractivity contribution is 14.1. The molecule has 0 bridgehead atoms. The molecule has 0 spiro atoms. The summed E-state index contributed by atoms with van der Waals surface area (Å²) in [6.07, 6.45) is 1.56. The molecule has 1 heterocycles. The highest BCUT2D eigenvalue weighted by Crippen LogP contribution is 2.17. The number of primary amides is 1. The first kappa shape index (κ1) is 16.2. The van der Waals surface area contributed by atoms with Gasteiger partial charge in [0, 0.05) is 28.0 Å². The number of carbonyl (C=O) groups is 2. The van der Waals surface area contributed by atoms with Crippen LogP contribution >= 0.6 is 22.6 Å². The monoisotopic (exact) mass is 402 g/mol. The van der Waals surface area contributed by atoms with Gasteiger partial charge in [-0.05, 0) is 53.3 Å². The molecule has 5 nitrogen and oxygen atoms in total. The zero-order chi connectivity index (χ0) is 15.4. The predicted octanol–water partition coefficient (Wildman–Crippen LogP) is 0.318. The number of likely N-dealkylation sites (tertiary alicyclic amines) is 1. The second kappa shape index (κ2) is 7.22. The molecule has 1 aromatic carbocycles. The second-order valence-electron chi connectivity index (χ2n) is 5.61. The molecule has 0 radical (unpaired) electrons. The van der Waals surface area contributed by atoms with Gasteiger partial charge in [0.05, 0.1) is 13.1 Å². The normalized spacial score (nSPS) is 21.8. The first-order valence-corrected chi connectivity index (χ1v) is 8.22. The summed E-state index contributed by atoms with van der Waals surface area (Å²) in [6, 6.07) is 5.96. The van der Waals surface area contributed by atoms with E-state index < -0.39 is 0 Å². The van der Waals surface area contributed by atoms with E-state index in [4.69, 9.17) is 5.73 Å². The molecule has 2 amide bonds. The highest BCUT2D eigenvalue weighted by Gasteiger charge is 2.27. The average Bonchev–Trinajstić information content (AvgIpc) is 2.42. The molecule has 6 heteroatoms. The van der Waals surface area contributed by atoms with E-state index in [1.807, 2.05) is 25.1 Å². The van der Waals surface area contributed by atoms with Crippen molar-refractivity contribution in [3.05, 3.63) is 27.3 Å². The molecule has 0 aliphatic carbocycles. The summed E-state index contributed by atoms with van der Waals surface area (Å²) in [5.41, 5.74) is 7.25. The van der Waals surface area contributed by atoms with Crippen LogP contribution in [0.4, 0.5) is 5.69 Å². The molecule has 4 N–H and O–H groups in total. The van der Waals surface area contributed by atoms with E-state index >= 15 is 0 Å². The summed E-state index contributed by atoms with van der Waals surface area (Å²) < 4.78 is 1.15. The summed E-state index contributed by atoms with van der Waals surface area (Å²) in [5, 5.41) is 2.96. The maximum atomic E-state index is 12.1. The number of hydrogen-bond donors (Lipinski definition) is 3. The van der Waals surface area contributed by atoms with E-state index in [9.17, 15) is 9.59 Å². The summed E-state index contributed by atoms with van der Waals surface area (Å²) in [4.78, 5) is 24.4. The van der Waals surface area contributed by atoms with Crippen molar-refractivity contribution in [3.63, 3.8) is 0 Å². The van der Waals surface area contributed by atoms with E-state index in [2.05, 4.69) is 27.9 Å². The van der Waals surface area contributed by atoms with Crippen LogP contribution in [0, 0.1) is 16.4 Å². The number of carbonyl (C=O) groups excluding carboxylic acids is 2. The largest absolute Gasteiger partial charge is 0.369 e. The minimum atomic E-state index is -0.215. The van der Waals surface area contributed by atoms with Gasteiger partial charge in [0.25, 0.3) is 5.91 Å². The number of hydrogen-bond acceptors (Lipinski definition) is 2. The van der Waals surface area contributed by atoms with Crippen LogP contribution in [0.15, 0.2) is 18.2 Å². The number of quaternary nitrogens is 1. The quantitative estimate of drug-likeness (QED) is 0.635. The fourth-order valence-electron chi connectivity index (χ4n) is 2.68. The van der Waals surface area contributed by atoms with Crippen LogP contribution in [-0.2, 0) is 9.59 Å². The molecule has 1 fully saturated rings. The minimum absolute atomic E-state index is 0.0183. The van der Waals surface area contributed by atoms with Crippen molar-refractivity contribution in [2.75, 3.05) is 25.0 Å². The molecule has 0 atom stereocenters. The Balaban J connectivity index is 1.84. The number of nitrogens with one attached hydrogen (secondary N) is 2. The highest BCUT2D eigenvalue weighted by atomic mass is 127. The van der Waals surface area contributed by atoms with Crippen molar-refractivity contribution < 1.29 is 14.5 Å². The Morgan fingerprint density at radius 2 is 2.05 bits per heavy atom. The molecule has 114 valence electrons. The lowest BCUT2D eigenvalue weighted by atomic mass is 9.96. The molecular formula is C15H21IN3O2+. The number of aryl methyl sites for hydroxylation is 1. The van der Waals surface area contributed by atoms with E-state index in [1.165, 1.54) is 4.90 Å².